The molecule has 0 saturated heterocycles. The van der Waals surface area contributed by atoms with Crippen LogP contribution < -0.4 is 0 Å². The normalized spacial score (nSPS) is 22.1. The van der Waals surface area contributed by atoms with E-state index in [0.29, 0.717) is 5.70 Å². The zero-order valence-electron chi connectivity index (χ0n) is 8.32. The minimum Gasteiger partial charge on any atom is -0.477 e. The average molecular weight is 184 g/mol. The monoisotopic (exact) mass is 184 g/mol. The lowest BCUT2D eigenvalue weighted by molar-refractivity contribution is -0.134. The van der Waals surface area contributed by atoms with Crippen molar-refractivity contribution in [2.45, 2.75) is 26.4 Å². The Kier molecular flexibility index (Phi) is 2.80. The van der Waals surface area contributed by atoms with Crippen molar-refractivity contribution in [3.05, 3.63) is 11.9 Å². The first kappa shape index (κ1) is 9.89. The van der Waals surface area contributed by atoms with Gasteiger partial charge in [-0.2, -0.15) is 0 Å². The fourth-order valence-electron chi connectivity index (χ4n) is 1.50. The highest BCUT2D eigenvalue weighted by molar-refractivity contribution is 5.86. The Morgan fingerprint density at radius 2 is 2.31 bits per heavy atom. The van der Waals surface area contributed by atoms with Gasteiger partial charge >= 0.3 is 5.97 Å². The van der Waals surface area contributed by atoms with Crippen LogP contribution in [0.3, 0.4) is 0 Å². The number of nitrogens with zero attached hydrogens (tertiary/aromatic N) is 2. The van der Waals surface area contributed by atoms with Gasteiger partial charge in [-0.3, -0.25) is 0 Å². The van der Waals surface area contributed by atoms with Crippen LogP contribution in [0.15, 0.2) is 11.9 Å². The summed E-state index contributed by atoms with van der Waals surface area (Å²) < 4.78 is 0. The molecular formula is C9H16N2O2. The predicted molar refractivity (Wildman–Crippen MR) is 49.9 cm³/mol. The summed E-state index contributed by atoms with van der Waals surface area (Å²) in [7, 11) is 1.81. The topological polar surface area (TPSA) is 43.8 Å². The largest absolute Gasteiger partial charge is 0.477 e. The molecule has 74 valence electrons. The van der Waals surface area contributed by atoms with Crippen LogP contribution in [0.4, 0.5) is 0 Å². The molecule has 1 unspecified atom stereocenters. The number of aliphatic carboxylic acids is 1. The molecule has 0 bridgehead atoms. The van der Waals surface area contributed by atoms with E-state index in [2.05, 4.69) is 6.92 Å². The van der Waals surface area contributed by atoms with Crippen molar-refractivity contribution >= 4 is 5.97 Å². The van der Waals surface area contributed by atoms with Crippen LogP contribution >= 0.6 is 0 Å². The first-order valence-corrected chi connectivity index (χ1v) is 4.51. The van der Waals surface area contributed by atoms with E-state index >= 15 is 0 Å². The van der Waals surface area contributed by atoms with Gasteiger partial charge < -0.3 is 14.9 Å². The summed E-state index contributed by atoms with van der Waals surface area (Å²) in [6.07, 6.45) is 2.91. The molecule has 13 heavy (non-hydrogen) atoms. The molecule has 0 aromatic carbocycles. The van der Waals surface area contributed by atoms with E-state index in [1.165, 1.54) is 0 Å². The third kappa shape index (κ3) is 1.76. The summed E-state index contributed by atoms with van der Waals surface area (Å²) >= 11 is 0. The van der Waals surface area contributed by atoms with E-state index in [-0.39, 0.29) is 6.17 Å². The molecule has 1 aliphatic rings. The highest BCUT2D eigenvalue weighted by atomic mass is 16.4. The fourth-order valence-corrected chi connectivity index (χ4v) is 1.50. The molecule has 1 heterocycles. The fraction of sp³-hybridized carbons (Fsp3) is 0.667. The van der Waals surface area contributed by atoms with Crippen LogP contribution in [-0.4, -0.2) is 40.6 Å². The number of likely N-dealkylation sites (N-methyl/N-ethyl adjacent to an activating group) is 1. The summed E-state index contributed by atoms with van der Waals surface area (Å²) in [6.45, 7) is 4.99. The van der Waals surface area contributed by atoms with Gasteiger partial charge in [0.15, 0.2) is 0 Å². The van der Waals surface area contributed by atoms with Gasteiger partial charge in [0, 0.05) is 19.8 Å². The van der Waals surface area contributed by atoms with E-state index in [4.69, 9.17) is 5.11 Å². The van der Waals surface area contributed by atoms with Crippen molar-refractivity contribution in [1.82, 2.24) is 9.80 Å². The lowest BCUT2D eigenvalue weighted by Crippen LogP contribution is -2.35. The molecule has 0 fully saturated rings. The number of carboxylic acid groups (broad SMARTS) is 1. The summed E-state index contributed by atoms with van der Waals surface area (Å²) in [5, 5.41) is 8.85. The molecule has 1 N–H and O–H groups in total. The molecule has 0 radical (unpaired) electrons. The molecule has 4 heteroatoms. The summed E-state index contributed by atoms with van der Waals surface area (Å²) in [4.78, 5) is 14.6. The minimum absolute atomic E-state index is 0.158. The van der Waals surface area contributed by atoms with Crippen molar-refractivity contribution in [3.8, 4) is 0 Å². The molecule has 1 aliphatic heterocycles. The highest BCUT2D eigenvalue weighted by Crippen LogP contribution is 2.20. The van der Waals surface area contributed by atoms with Crippen molar-refractivity contribution in [2.24, 2.45) is 0 Å². The summed E-state index contributed by atoms with van der Waals surface area (Å²) in [5.74, 6) is -0.854. The third-order valence-corrected chi connectivity index (χ3v) is 2.41. The molecule has 0 spiro atoms. The molecule has 1 rings (SSSR count). The second-order valence-electron chi connectivity index (χ2n) is 3.30. The van der Waals surface area contributed by atoms with Crippen LogP contribution in [0.2, 0.25) is 0 Å². The Balaban J connectivity index is 2.75. The number of hydrogen-bond donors (Lipinski definition) is 1. The minimum atomic E-state index is -0.854. The second-order valence-corrected chi connectivity index (χ2v) is 3.30. The van der Waals surface area contributed by atoms with Crippen molar-refractivity contribution in [2.75, 3.05) is 13.6 Å². The van der Waals surface area contributed by atoms with Crippen molar-refractivity contribution in [1.29, 1.82) is 0 Å². The van der Waals surface area contributed by atoms with Gasteiger partial charge in [-0.1, -0.05) is 6.92 Å². The van der Waals surface area contributed by atoms with E-state index in [9.17, 15) is 4.79 Å². The zero-order valence-corrected chi connectivity index (χ0v) is 8.32. The van der Waals surface area contributed by atoms with Crippen molar-refractivity contribution < 1.29 is 9.90 Å². The predicted octanol–water partition coefficient (Wildman–Crippen LogP) is 0.916. The van der Waals surface area contributed by atoms with Gasteiger partial charge in [0.05, 0.1) is 6.17 Å². The van der Waals surface area contributed by atoms with Gasteiger partial charge in [-0.05, 0) is 13.3 Å². The number of rotatable bonds is 3. The third-order valence-electron chi connectivity index (χ3n) is 2.41. The van der Waals surface area contributed by atoms with Crippen LogP contribution in [0.25, 0.3) is 0 Å². The van der Waals surface area contributed by atoms with Gasteiger partial charge in [0.2, 0.25) is 0 Å². The molecule has 0 amide bonds. The SMILES string of the molecule is CCCN1C=C(C(=O)O)N(C)C1C. The second kappa shape index (κ2) is 3.68. The van der Waals surface area contributed by atoms with E-state index < -0.39 is 5.97 Å². The van der Waals surface area contributed by atoms with Crippen LogP contribution in [-0.2, 0) is 4.79 Å². The first-order chi connectivity index (χ1) is 6.07. The van der Waals surface area contributed by atoms with Gasteiger partial charge in [-0.15, -0.1) is 0 Å². The molecule has 0 aromatic rings. The summed E-state index contributed by atoms with van der Waals surface area (Å²) in [5.41, 5.74) is 0.376. The molecule has 0 aliphatic carbocycles. The molecule has 4 nitrogen and oxygen atoms in total. The molecule has 0 saturated carbocycles. The first-order valence-electron chi connectivity index (χ1n) is 4.51. The Hall–Kier alpha value is -1.19. The zero-order chi connectivity index (χ0) is 10.0. The van der Waals surface area contributed by atoms with E-state index in [1.807, 2.05) is 11.8 Å². The number of carboxylic acids is 1. The van der Waals surface area contributed by atoms with Crippen LogP contribution in [0.1, 0.15) is 20.3 Å². The molecule has 1 atom stereocenters. The summed E-state index contributed by atoms with van der Waals surface area (Å²) in [6, 6.07) is 0. The maximum Gasteiger partial charge on any atom is 0.353 e. The lowest BCUT2D eigenvalue weighted by Gasteiger charge is -2.27. The van der Waals surface area contributed by atoms with Crippen molar-refractivity contribution in [3.63, 3.8) is 0 Å². The lowest BCUT2D eigenvalue weighted by atomic mass is 10.4. The standard InChI is InChI=1S/C9H16N2O2/c1-4-5-11-6-8(9(12)13)10(3)7(11)2/h6-7H,4-5H2,1-3H3,(H,12,13). The Morgan fingerprint density at radius 1 is 1.69 bits per heavy atom. The molecule has 0 aromatic heterocycles. The maximum atomic E-state index is 10.8. The quantitative estimate of drug-likeness (QED) is 0.708. The van der Waals surface area contributed by atoms with Gasteiger partial charge in [-0.25, -0.2) is 4.79 Å². The maximum absolute atomic E-state index is 10.8. The molecular weight excluding hydrogens is 168 g/mol. The smallest absolute Gasteiger partial charge is 0.353 e. The van der Waals surface area contributed by atoms with Crippen LogP contribution in [0, 0.1) is 0 Å². The van der Waals surface area contributed by atoms with E-state index in [1.54, 1.807) is 18.1 Å². The Morgan fingerprint density at radius 3 is 2.69 bits per heavy atom. The van der Waals surface area contributed by atoms with Crippen LogP contribution in [0.5, 0.6) is 0 Å². The van der Waals surface area contributed by atoms with Gasteiger partial charge in [0.1, 0.15) is 5.70 Å². The Labute approximate surface area is 78.4 Å². The number of hydrogen-bond acceptors (Lipinski definition) is 3. The number of carbonyl (C=O) groups is 1. The average Bonchev–Trinajstić information content (AvgIpc) is 2.33. The van der Waals surface area contributed by atoms with E-state index in [0.717, 1.165) is 13.0 Å². The Bertz CT molecular complexity index is 238. The van der Waals surface area contributed by atoms with Gasteiger partial charge in [0.25, 0.3) is 0 Å². The highest BCUT2D eigenvalue weighted by Gasteiger charge is 2.28.